The molecule has 0 saturated heterocycles. The molecule has 3 nitrogen and oxygen atoms in total. The molecule has 2 aliphatic rings. The monoisotopic (exact) mass is 352 g/mol. The molecule has 130 valence electrons. The summed E-state index contributed by atoms with van der Waals surface area (Å²) in [7, 11) is 0. The smallest absolute Gasteiger partial charge is 0.161 e. The molecule has 1 aliphatic heterocycles. The lowest BCUT2D eigenvalue weighted by molar-refractivity contribution is -0.116. The minimum Gasteiger partial charge on any atom is -0.352 e. The molecule has 1 aromatic carbocycles. The molecule has 0 radical (unpaired) electrons. The van der Waals surface area contributed by atoms with E-state index in [0.29, 0.717) is 17.9 Å². The number of thioether (sulfide) groups is 1. The summed E-state index contributed by atoms with van der Waals surface area (Å²) < 4.78 is 0. The van der Waals surface area contributed by atoms with Crippen LogP contribution in [-0.2, 0) is 4.79 Å². The first-order valence-electron chi connectivity index (χ1n) is 8.97. The highest BCUT2D eigenvalue weighted by atomic mass is 32.2. The van der Waals surface area contributed by atoms with E-state index in [4.69, 9.17) is 0 Å². The van der Waals surface area contributed by atoms with Gasteiger partial charge in [0.15, 0.2) is 5.78 Å². The summed E-state index contributed by atoms with van der Waals surface area (Å²) in [5.41, 5.74) is 4.81. The quantitative estimate of drug-likeness (QED) is 0.829. The number of nitriles is 1. The first-order chi connectivity index (χ1) is 12.1. The number of nitrogens with one attached hydrogen (secondary N) is 1. The molecule has 0 amide bonds. The average Bonchev–Trinajstić information content (AvgIpc) is 2.61. The van der Waals surface area contributed by atoms with E-state index in [0.717, 1.165) is 40.5 Å². The van der Waals surface area contributed by atoms with Gasteiger partial charge in [0.05, 0.1) is 22.6 Å². The molecule has 0 aromatic heterocycles. The number of allylic oxidation sites excluding steroid dienone is 3. The van der Waals surface area contributed by atoms with E-state index in [1.807, 2.05) is 0 Å². The standard InChI is InChI=1S/C21H24N2OS/c1-4-25-21-16(12-22)19(15-10-8-14(9-11-15)13(2)3)20-17(23-21)6-5-7-18(20)24/h8-11,13,19,23H,4-7H2,1-3H3/t19-/m0/s1. The topological polar surface area (TPSA) is 52.9 Å². The zero-order chi connectivity index (χ0) is 18.0. The summed E-state index contributed by atoms with van der Waals surface area (Å²) in [6, 6.07) is 10.8. The Balaban J connectivity index is 2.12. The predicted molar refractivity (Wildman–Crippen MR) is 103 cm³/mol. The fourth-order valence-electron chi connectivity index (χ4n) is 3.59. The van der Waals surface area contributed by atoms with Crippen molar-refractivity contribution >= 4 is 17.5 Å². The summed E-state index contributed by atoms with van der Waals surface area (Å²) in [5.74, 6) is 1.30. The molecular weight excluding hydrogens is 328 g/mol. The predicted octanol–water partition coefficient (Wildman–Crippen LogP) is 4.99. The molecule has 0 unspecified atom stereocenters. The minimum atomic E-state index is -0.232. The van der Waals surface area contributed by atoms with Crippen molar-refractivity contribution < 1.29 is 4.79 Å². The second kappa shape index (κ2) is 7.49. The van der Waals surface area contributed by atoms with Crippen LogP contribution in [0.2, 0.25) is 0 Å². The normalized spacial score (nSPS) is 20.4. The number of Topliss-reactive ketones (excluding diaryl/α,β-unsaturated/α-hetero) is 1. The Hall–Kier alpha value is -1.99. The Kier molecular flexibility index (Phi) is 5.34. The number of benzene rings is 1. The van der Waals surface area contributed by atoms with E-state index < -0.39 is 0 Å². The molecule has 3 rings (SSSR count). The number of dihydropyridines is 1. The van der Waals surface area contributed by atoms with Crippen LogP contribution >= 0.6 is 11.8 Å². The summed E-state index contributed by atoms with van der Waals surface area (Å²) >= 11 is 1.65. The first kappa shape index (κ1) is 17.8. The molecule has 1 aromatic rings. The highest BCUT2D eigenvalue weighted by Crippen LogP contribution is 2.44. The van der Waals surface area contributed by atoms with Gasteiger partial charge >= 0.3 is 0 Å². The number of carbonyl (C=O) groups is 1. The molecule has 25 heavy (non-hydrogen) atoms. The Morgan fingerprint density at radius 2 is 2.00 bits per heavy atom. The van der Waals surface area contributed by atoms with Crippen LogP contribution < -0.4 is 5.32 Å². The average molecular weight is 353 g/mol. The third kappa shape index (κ3) is 3.39. The number of hydrogen-bond donors (Lipinski definition) is 1. The highest BCUT2D eigenvalue weighted by molar-refractivity contribution is 8.03. The second-order valence-electron chi connectivity index (χ2n) is 6.84. The highest BCUT2D eigenvalue weighted by Gasteiger charge is 2.36. The SMILES string of the molecule is CCSC1=C(C#N)[C@H](c2ccc(C(C)C)cc2)C2=C(CCCC2=O)N1. The first-order valence-corrected chi connectivity index (χ1v) is 9.95. The van der Waals surface area contributed by atoms with Gasteiger partial charge in [-0.3, -0.25) is 4.79 Å². The molecule has 1 aliphatic carbocycles. The van der Waals surface area contributed by atoms with E-state index in [1.54, 1.807) is 11.8 Å². The minimum absolute atomic E-state index is 0.181. The maximum absolute atomic E-state index is 12.7. The molecule has 1 atom stereocenters. The molecule has 4 heteroatoms. The summed E-state index contributed by atoms with van der Waals surface area (Å²) in [6.07, 6.45) is 2.35. The van der Waals surface area contributed by atoms with E-state index >= 15 is 0 Å². The third-order valence-electron chi connectivity index (χ3n) is 4.89. The van der Waals surface area contributed by atoms with Crippen molar-refractivity contribution in [3.63, 3.8) is 0 Å². The third-order valence-corrected chi connectivity index (χ3v) is 5.79. The number of hydrogen-bond acceptors (Lipinski definition) is 4. The zero-order valence-electron chi connectivity index (χ0n) is 15.1. The van der Waals surface area contributed by atoms with Crippen molar-refractivity contribution in [2.45, 2.75) is 51.9 Å². The van der Waals surface area contributed by atoms with Crippen molar-refractivity contribution in [1.82, 2.24) is 5.32 Å². The lowest BCUT2D eigenvalue weighted by Gasteiger charge is -2.33. The van der Waals surface area contributed by atoms with Gasteiger partial charge in [0.25, 0.3) is 0 Å². The van der Waals surface area contributed by atoms with Crippen LogP contribution in [0.5, 0.6) is 0 Å². The van der Waals surface area contributed by atoms with Crippen molar-refractivity contribution in [1.29, 1.82) is 5.26 Å². The molecule has 0 fully saturated rings. The largest absolute Gasteiger partial charge is 0.352 e. The van der Waals surface area contributed by atoms with Gasteiger partial charge in [-0.2, -0.15) is 5.26 Å². The van der Waals surface area contributed by atoms with Crippen molar-refractivity contribution in [3.8, 4) is 6.07 Å². The lowest BCUT2D eigenvalue weighted by Crippen LogP contribution is -2.31. The maximum Gasteiger partial charge on any atom is 0.161 e. The second-order valence-corrected chi connectivity index (χ2v) is 8.11. The summed E-state index contributed by atoms with van der Waals surface area (Å²) in [5, 5.41) is 14.2. The number of rotatable bonds is 4. The number of ketones is 1. The van der Waals surface area contributed by atoms with Crippen LogP contribution in [0.15, 0.2) is 46.1 Å². The van der Waals surface area contributed by atoms with Gasteiger partial charge in [0.2, 0.25) is 0 Å². The Morgan fingerprint density at radius 1 is 1.28 bits per heavy atom. The van der Waals surface area contributed by atoms with E-state index in [-0.39, 0.29) is 11.7 Å². The maximum atomic E-state index is 12.7. The Labute approximate surface area is 154 Å². The van der Waals surface area contributed by atoms with Crippen molar-refractivity contribution in [2.75, 3.05) is 5.75 Å². The van der Waals surface area contributed by atoms with Crippen molar-refractivity contribution in [2.24, 2.45) is 0 Å². The Morgan fingerprint density at radius 3 is 2.60 bits per heavy atom. The van der Waals surface area contributed by atoms with Gasteiger partial charge < -0.3 is 5.32 Å². The molecule has 1 N–H and O–H groups in total. The van der Waals surface area contributed by atoms with Gasteiger partial charge in [0.1, 0.15) is 0 Å². The fourth-order valence-corrected chi connectivity index (χ4v) is 4.39. The molecular formula is C21H24N2OS. The van der Waals surface area contributed by atoms with Crippen LogP contribution in [0.25, 0.3) is 0 Å². The fraction of sp³-hybridized carbons (Fsp3) is 0.429. The Bertz CT molecular complexity index is 781. The summed E-state index contributed by atoms with van der Waals surface area (Å²) in [6.45, 7) is 6.42. The van der Waals surface area contributed by atoms with E-state index in [9.17, 15) is 10.1 Å². The summed E-state index contributed by atoms with van der Waals surface area (Å²) in [4.78, 5) is 12.7. The molecule has 0 spiro atoms. The van der Waals surface area contributed by atoms with Crippen LogP contribution in [0, 0.1) is 11.3 Å². The van der Waals surface area contributed by atoms with Crippen LogP contribution in [-0.4, -0.2) is 11.5 Å². The van der Waals surface area contributed by atoms with Gasteiger partial charge in [0, 0.05) is 17.7 Å². The van der Waals surface area contributed by atoms with E-state index in [1.165, 1.54) is 5.56 Å². The van der Waals surface area contributed by atoms with Gasteiger partial charge in [-0.15, -0.1) is 11.8 Å². The molecule has 1 heterocycles. The number of nitrogens with zero attached hydrogens (tertiary/aromatic N) is 1. The van der Waals surface area contributed by atoms with Crippen LogP contribution in [0.4, 0.5) is 0 Å². The molecule has 0 saturated carbocycles. The van der Waals surface area contributed by atoms with Crippen LogP contribution in [0.3, 0.4) is 0 Å². The van der Waals surface area contributed by atoms with Gasteiger partial charge in [-0.25, -0.2) is 0 Å². The zero-order valence-corrected chi connectivity index (χ0v) is 15.9. The van der Waals surface area contributed by atoms with E-state index in [2.05, 4.69) is 56.4 Å². The number of carbonyl (C=O) groups excluding carboxylic acids is 1. The van der Waals surface area contributed by atoms with Gasteiger partial charge in [-0.05, 0) is 35.6 Å². The lowest BCUT2D eigenvalue weighted by atomic mass is 9.76. The molecule has 0 bridgehead atoms. The van der Waals surface area contributed by atoms with Gasteiger partial charge in [-0.1, -0.05) is 45.0 Å². The van der Waals surface area contributed by atoms with Crippen LogP contribution in [0.1, 0.15) is 63.0 Å². The van der Waals surface area contributed by atoms with Crippen molar-refractivity contribution in [3.05, 3.63) is 57.3 Å².